The average molecular weight is 285 g/mol. The lowest BCUT2D eigenvalue weighted by molar-refractivity contribution is 0.518. The maximum absolute atomic E-state index is 13.8. The van der Waals surface area contributed by atoms with Crippen molar-refractivity contribution in [1.82, 2.24) is 0 Å². The molecule has 2 N–H and O–H groups in total. The van der Waals surface area contributed by atoms with Gasteiger partial charge in [-0.1, -0.05) is 19.1 Å². The zero-order valence-corrected chi connectivity index (χ0v) is 11.0. The highest BCUT2D eigenvalue weighted by molar-refractivity contribution is 7.89. The van der Waals surface area contributed by atoms with Gasteiger partial charge < -0.3 is 0 Å². The summed E-state index contributed by atoms with van der Waals surface area (Å²) in [4.78, 5) is -0.0394. The first kappa shape index (κ1) is 13.9. The van der Waals surface area contributed by atoms with E-state index in [9.17, 15) is 17.2 Å². The number of rotatable bonds is 2. The van der Waals surface area contributed by atoms with E-state index in [1.54, 1.807) is 6.92 Å². The number of halogens is 2. The molecular weight excluding hydrogens is 272 g/mol. The van der Waals surface area contributed by atoms with Gasteiger partial charge in [0.25, 0.3) is 0 Å². The van der Waals surface area contributed by atoms with Crippen LogP contribution in [-0.2, 0) is 10.0 Å². The number of benzene rings is 1. The summed E-state index contributed by atoms with van der Waals surface area (Å²) in [6.45, 7) is 1.72. The Bertz CT molecular complexity index is 660. The number of primary sulfonamides is 1. The minimum atomic E-state index is -3.77. The maximum atomic E-state index is 13.8. The Kier molecular flexibility index (Phi) is 3.56. The lowest BCUT2D eigenvalue weighted by Crippen LogP contribution is -2.12. The summed E-state index contributed by atoms with van der Waals surface area (Å²) in [6.07, 6.45) is 1.00. The molecule has 3 nitrogen and oxygen atoms in total. The van der Waals surface area contributed by atoms with Crippen LogP contribution in [0.1, 0.15) is 18.9 Å². The molecule has 0 aliphatic heterocycles. The van der Waals surface area contributed by atoms with E-state index in [2.05, 4.69) is 0 Å². The van der Waals surface area contributed by atoms with Crippen molar-refractivity contribution in [3.05, 3.63) is 47.6 Å². The first-order valence-electron chi connectivity index (χ1n) is 5.68. The number of allylic oxidation sites excluding steroid dienone is 4. The van der Waals surface area contributed by atoms with Crippen molar-refractivity contribution >= 4 is 15.6 Å². The molecule has 1 aliphatic rings. The van der Waals surface area contributed by atoms with Gasteiger partial charge in [-0.15, -0.1) is 0 Å². The summed E-state index contributed by atoms with van der Waals surface area (Å²) in [6, 6.07) is 5.57. The van der Waals surface area contributed by atoms with E-state index in [0.29, 0.717) is 11.1 Å². The van der Waals surface area contributed by atoms with Gasteiger partial charge >= 0.3 is 0 Å². The van der Waals surface area contributed by atoms with E-state index < -0.39 is 21.7 Å². The van der Waals surface area contributed by atoms with Crippen LogP contribution in [0, 0.1) is 5.92 Å². The van der Waals surface area contributed by atoms with Crippen molar-refractivity contribution < 1.29 is 17.2 Å². The summed E-state index contributed by atoms with van der Waals surface area (Å²) in [7, 11) is -3.77. The average Bonchev–Trinajstić information content (AvgIpc) is 2.27. The van der Waals surface area contributed by atoms with Crippen LogP contribution < -0.4 is 5.14 Å². The minimum absolute atomic E-state index is 0.0394. The molecule has 0 saturated carbocycles. The van der Waals surface area contributed by atoms with Crippen LogP contribution in [0.4, 0.5) is 8.78 Å². The molecule has 1 aromatic rings. The molecule has 0 saturated heterocycles. The normalized spacial score (nSPS) is 20.4. The Hall–Kier alpha value is -1.53. The van der Waals surface area contributed by atoms with E-state index >= 15 is 0 Å². The summed E-state index contributed by atoms with van der Waals surface area (Å²) < 4.78 is 49.1. The summed E-state index contributed by atoms with van der Waals surface area (Å²) >= 11 is 0. The zero-order chi connectivity index (χ0) is 14.2. The molecule has 0 fully saturated rings. The molecule has 2 rings (SSSR count). The fraction of sp³-hybridized carbons (Fsp3) is 0.231. The smallest absolute Gasteiger partial charge is 0.225 e. The Morgan fingerprint density at radius 2 is 1.79 bits per heavy atom. The van der Waals surface area contributed by atoms with Crippen LogP contribution in [0.5, 0.6) is 0 Å². The monoisotopic (exact) mass is 285 g/mol. The highest BCUT2D eigenvalue weighted by Crippen LogP contribution is 2.37. The van der Waals surface area contributed by atoms with Crippen LogP contribution in [0.25, 0.3) is 5.57 Å². The predicted molar refractivity (Wildman–Crippen MR) is 68.8 cm³/mol. The van der Waals surface area contributed by atoms with Gasteiger partial charge in [0.15, 0.2) is 0 Å². The van der Waals surface area contributed by atoms with Crippen LogP contribution in [-0.4, -0.2) is 8.42 Å². The third-order valence-corrected chi connectivity index (χ3v) is 3.96. The Morgan fingerprint density at radius 1 is 1.21 bits per heavy atom. The van der Waals surface area contributed by atoms with E-state index in [-0.39, 0.29) is 17.2 Å². The first-order chi connectivity index (χ1) is 8.79. The molecule has 0 spiro atoms. The third-order valence-electron chi connectivity index (χ3n) is 3.03. The fourth-order valence-corrected chi connectivity index (χ4v) is 2.67. The quantitative estimate of drug-likeness (QED) is 0.908. The van der Waals surface area contributed by atoms with E-state index in [1.165, 1.54) is 24.3 Å². The fourth-order valence-electron chi connectivity index (χ4n) is 2.15. The van der Waals surface area contributed by atoms with E-state index in [0.717, 1.165) is 6.08 Å². The number of nitrogens with two attached hydrogens (primary N) is 1. The molecule has 1 aromatic carbocycles. The van der Waals surface area contributed by atoms with Gasteiger partial charge in [0.2, 0.25) is 10.0 Å². The van der Waals surface area contributed by atoms with Gasteiger partial charge in [0, 0.05) is 12.5 Å². The Morgan fingerprint density at radius 3 is 2.26 bits per heavy atom. The molecule has 19 heavy (non-hydrogen) atoms. The SMILES string of the molecule is CC1CC(F)=CC(F)=C1c1ccc(S(N)(=O)=O)cc1. The lowest BCUT2D eigenvalue weighted by atomic mass is 9.87. The molecule has 6 heteroatoms. The largest absolute Gasteiger partial charge is 0.238 e. The topological polar surface area (TPSA) is 60.2 Å². The van der Waals surface area contributed by atoms with Crippen LogP contribution in [0.2, 0.25) is 0 Å². The molecule has 102 valence electrons. The standard InChI is InChI=1S/C13H13F2NO2S/c1-8-6-10(14)7-12(15)13(8)9-2-4-11(5-3-9)19(16,17)18/h2-5,7-8H,6H2,1H3,(H2,16,17,18). The molecule has 0 radical (unpaired) electrons. The van der Waals surface area contributed by atoms with Crippen LogP contribution >= 0.6 is 0 Å². The number of hydrogen-bond acceptors (Lipinski definition) is 2. The molecule has 0 heterocycles. The van der Waals surface area contributed by atoms with Crippen molar-refractivity contribution in [3.8, 4) is 0 Å². The molecule has 1 unspecified atom stereocenters. The van der Waals surface area contributed by atoms with Crippen molar-refractivity contribution in [2.45, 2.75) is 18.2 Å². The van der Waals surface area contributed by atoms with Gasteiger partial charge in [-0.2, -0.15) is 0 Å². The zero-order valence-electron chi connectivity index (χ0n) is 10.2. The van der Waals surface area contributed by atoms with Gasteiger partial charge in [-0.25, -0.2) is 22.3 Å². The van der Waals surface area contributed by atoms with Crippen LogP contribution in [0.3, 0.4) is 0 Å². The maximum Gasteiger partial charge on any atom is 0.238 e. The highest BCUT2D eigenvalue weighted by atomic mass is 32.2. The van der Waals surface area contributed by atoms with Crippen molar-refractivity contribution in [3.63, 3.8) is 0 Å². The van der Waals surface area contributed by atoms with Gasteiger partial charge in [-0.05, 0) is 29.2 Å². The summed E-state index contributed by atoms with van der Waals surface area (Å²) in [5, 5.41) is 4.99. The number of hydrogen-bond donors (Lipinski definition) is 1. The second-order valence-electron chi connectivity index (χ2n) is 4.53. The first-order valence-corrected chi connectivity index (χ1v) is 7.22. The number of sulfonamides is 1. The highest BCUT2D eigenvalue weighted by Gasteiger charge is 2.22. The molecule has 0 bridgehead atoms. The second-order valence-corrected chi connectivity index (χ2v) is 6.09. The van der Waals surface area contributed by atoms with Gasteiger partial charge in [-0.3, -0.25) is 0 Å². The predicted octanol–water partition coefficient (Wildman–Crippen LogP) is 2.91. The minimum Gasteiger partial charge on any atom is -0.225 e. The van der Waals surface area contributed by atoms with Crippen LogP contribution in [0.15, 0.2) is 46.9 Å². The molecular formula is C13H13F2NO2S. The molecule has 0 amide bonds. The molecule has 1 aliphatic carbocycles. The van der Waals surface area contributed by atoms with E-state index in [1.807, 2.05) is 0 Å². The van der Waals surface area contributed by atoms with Crippen molar-refractivity contribution in [1.29, 1.82) is 0 Å². The van der Waals surface area contributed by atoms with Crippen molar-refractivity contribution in [2.75, 3.05) is 0 Å². The Labute approximate surface area is 110 Å². The summed E-state index contributed by atoms with van der Waals surface area (Å²) in [5.41, 5.74) is 0.906. The molecule has 1 atom stereocenters. The lowest BCUT2D eigenvalue weighted by Gasteiger charge is -2.20. The Balaban J connectivity index is 2.46. The molecule has 0 aromatic heterocycles. The van der Waals surface area contributed by atoms with Crippen molar-refractivity contribution in [2.24, 2.45) is 11.1 Å². The second kappa shape index (κ2) is 4.86. The van der Waals surface area contributed by atoms with Gasteiger partial charge in [0.1, 0.15) is 11.7 Å². The third kappa shape index (κ3) is 2.90. The van der Waals surface area contributed by atoms with E-state index in [4.69, 9.17) is 5.14 Å². The van der Waals surface area contributed by atoms with Gasteiger partial charge in [0.05, 0.1) is 4.90 Å². The summed E-state index contributed by atoms with van der Waals surface area (Å²) in [5.74, 6) is -1.42.